The van der Waals surface area contributed by atoms with Crippen molar-refractivity contribution in [2.75, 3.05) is 0 Å². The fourth-order valence-electron chi connectivity index (χ4n) is 1.00. The van der Waals surface area contributed by atoms with Crippen molar-refractivity contribution in [1.82, 2.24) is 4.98 Å². The van der Waals surface area contributed by atoms with E-state index in [1.807, 2.05) is 6.20 Å². The van der Waals surface area contributed by atoms with Gasteiger partial charge in [-0.05, 0) is 11.8 Å². The summed E-state index contributed by atoms with van der Waals surface area (Å²) < 4.78 is 0. The van der Waals surface area contributed by atoms with Crippen LogP contribution in [0.1, 0.15) is 43.6 Å². The molecule has 0 aliphatic rings. The van der Waals surface area contributed by atoms with Gasteiger partial charge in [-0.25, -0.2) is 4.98 Å². The molecule has 74 valence electrons. The van der Waals surface area contributed by atoms with Crippen LogP contribution >= 0.6 is 11.3 Å². The number of nitrogens with two attached hydrogens (primary N) is 1. The molecule has 3 heteroatoms. The Labute approximate surface area is 84.2 Å². The Bertz CT molecular complexity index is 273. The summed E-state index contributed by atoms with van der Waals surface area (Å²) in [6.45, 7) is 8.57. The Kier molecular flexibility index (Phi) is 3.09. The largest absolute Gasteiger partial charge is 0.322 e. The van der Waals surface area contributed by atoms with E-state index < -0.39 is 0 Å². The Balaban J connectivity index is 2.83. The molecule has 2 N–H and O–H groups in total. The van der Waals surface area contributed by atoms with Gasteiger partial charge in [0.25, 0.3) is 0 Å². The van der Waals surface area contributed by atoms with Gasteiger partial charge in [0.05, 0.1) is 6.04 Å². The molecule has 1 heterocycles. The summed E-state index contributed by atoms with van der Waals surface area (Å²) in [5, 5.41) is 1.06. The minimum absolute atomic E-state index is 0.0535. The fourth-order valence-corrected chi connectivity index (χ4v) is 2.10. The lowest BCUT2D eigenvalue weighted by Gasteiger charge is -2.24. The van der Waals surface area contributed by atoms with E-state index in [1.165, 1.54) is 4.88 Å². The minimum atomic E-state index is 0.0535. The number of thiazole rings is 1. The summed E-state index contributed by atoms with van der Waals surface area (Å²) in [4.78, 5) is 5.66. The van der Waals surface area contributed by atoms with Gasteiger partial charge in [0.2, 0.25) is 0 Å². The Morgan fingerprint density at radius 2 is 2.15 bits per heavy atom. The van der Waals surface area contributed by atoms with Crippen LogP contribution in [0.2, 0.25) is 0 Å². The summed E-state index contributed by atoms with van der Waals surface area (Å²) in [5.74, 6) is 0. The number of nitrogens with zero attached hydrogens (tertiary/aromatic N) is 1. The first kappa shape index (κ1) is 10.7. The van der Waals surface area contributed by atoms with Gasteiger partial charge in [-0.15, -0.1) is 11.3 Å². The topological polar surface area (TPSA) is 38.9 Å². The molecule has 0 amide bonds. The van der Waals surface area contributed by atoms with Crippen LogP contribution in [0, 0.1) is 5.41 Å². The van der Waals surface area contributed by atoms with Crippen molar-refractivity contribution in [2.45, 2.75) is 40.2 Å². The standard InChI is InChI=1S/C10H18N2S/c1-5-7-6-12-9(13-7)8(11)10(2,3)4/h6,8H,5,11H2,1-4H3. The third-order valence-electron chi connectivity index (χ3n) is 2.12. The number of hydrogen-bond donors (Lipinski definition) is 1. The molecule has 1 unspecified atom stereocenters. The smallest absolute Gasteiger partial charge is 0.110 e. The van der Waals surface area contributed by atoms with Crippen molar-refractivity contribution in [3.05, 3.63) is 16.1 Å². The van der Waals surface area contributed by atoms with Gasteiger partial charge in [0, 0.05) is 11.1 Å². The molecule has 1 atom stereocenters. The van der Waals surface area contributed by atoms with Gasteiger partial charge in [0.15, 0.2) is 0 Å². The lowest BCUT2D eigenvalue weighted by molar-refractivity contribution is 0.326. The number of aryl methyl sites for hydroxylation is 1. The van der Waals surface area contributed by atoms with Gasteiger partial charge < -0.3 is 5.73 Å². The summed E-state index contributed by atoms with van der Waals surface area (Å²) >= 11 is 1.73. The number of rotatable bonds is 2. The molecule has 0 radical (unpaired) electrons. The van der Waals surface area contributed by atoms with Crippen LogP contribution in [0.25, 0.3) is 0 Å². The summed E-state index contributed by atoms with van der Waals surface area (Å²) in [7, 11) is 0. The molecule has 0 aromatic carbocycles. The van der Waals surface area contributed by atoms with Crippen LogP contribution in [0.3, 0.4) is 0 Å². The zero-order valence-corrected chi connectivity index (χ0v) is 9.61. The molecule has 0 aliphatic heterocycles. The third-order valence-corrected chi connectivity index (χ3v) is 3.34. The monoisotopic (exact) mass is 198 g/mol. The van der Waals surface area contributed by atoms with Crippen LogP contribution in [0.15, 0.2) is 6.20 Å². The molecule has 0 saturated heterocycles. The van der Waals surface area contributed by atoms with Gasteiger partial charge in [-0.3, -0.25) is 0 Å². The second-order valence-corrected chi connectivity index (χ2v) is 5.51. The van der Waals surface area contributed by atoms with Crippen molar-refractivity contribution >= 4 is 11.3 Å². The molecule has 0 saturated carbocycles. The normalized spacial score (nSPS) is 14.5. The van der Waals surface area contributed by atoms with E-state index >= 15 is 0 Å². The maximum Gasteiger partial charge on any atom is 0.110 e. The minimum Gasteiger partial charge on any atom is -0.322 e. The van der Waals surface area contributed by atoms with Crippen LogP contribution < -0.4 is 5.73 Å². The van der Waals surface area contributed by atoms with E-state index in [-0.39, 0.29) is 11.5 Å². The molecule has 0 aliphatic carbocycles. The second kappa shape index (κ2) is 3.76. The predicted molar refractivity (Wildman–Crippen MR) is 57.9 cm³/mol. The molecular formula is C10H18N2S. The van der Waals surface area contributed by atoms with Crippen molar-refractivity contribution in [1.29, 1.82) is 0 Å². The molecule has 1 rings (SSSR count). The predicted octanol–water partition coefficient (Wildman–Crippen LogP) is 2.75. The van der Waals surface area contributed by atoms with Crippen molar-refractivity contribution in [3.8, 4) is 0 Å². The maximum absolute atomic E-state index is 6.09. The zero-order chi connectivity index (χ0) is 10.1. The molecule has 0 spiro atoms. The average molecular weight is 198 g/mol. The molecule has 0 fully saturated rings. The summed E-state index contributed by atoms with van der Waals surface area (Å²) in [5.41, 5.74) is 6.19. The number of aromatic nitrogens is 1. The molecular weight excluding hydrogens is 180 g/mol. The lowest BCUT2D eigenvalue weighted by Crippen LogP contribution is -2.25. The third kappa shape index (κ3) is 2.51. The second-order valence-electron chi connectivity index (χ2n) is 4.36. The van der Waals surface area contributed by atoms with E-state index in [9.17, 15) is 0 Å². The van der Waals surface area contributed by atoms with Crippen molar-refractivity contribution < 1.29 is 0 Å². The SMILES string of the molecule is CCc1cnc(C(N)C(C)(C)C)s1. The molecule has 2 nitrogen and oxygen atoms in total. The summed E-state index contributed by atoms with van der Waals surface area (Å²) in [6.07, 6.45) is 2.99. The van der Waals surface area contributed by atoms with E-state index in [4.69, 9.17) is 5.73 Å². The Morgan fingerprint density at radius 3 is 2.54 bits per heavy atom. The van der Waals surface area contributed by atoms with Crippen LogP contribution in [-0.2, 0) is 6.42 Å². The average Bonchev–Trinajstić information content (AvgIpc) is 2.48. The van der Waals surface area contributed by atoms with Crippen LogP contribution in [0.4, 0.5) is 0 Å². The van der Waals surface area contributed by atoms with E-state index in [0.29, 0.717) is 0 Å². The zero-order valence-electron chi connectivity index (χ0n) is 8.79. The van der Waals surface area contributed by atoms with Gasteiger partial charge in [-0.1, -0.05) is 27.7 Å². The fraction of sp³-hybridized carbons (Fsp3) is 0.700. The lowest BCUT2D eigenvalue weighted by atomic mass is 9.88. The molecule has 1 aromatic rings. The van der Waals surface area contributed by atoms with E-state index in [1.54, 1.807) is 11.3 Å². The molecule has 0 bridgehead atoms. The van der Waals surface area contributed by atoms with Crippen molar-refractivity contribution in [3.63, 3.8) is 0 Å². The first-order valence-corrected chi connectivity index (χ1v) is 5.47. The molecule has 13 heavy (non-hydrogen) atoms. The highest BCUT2D eigenvalue weighted by atomic mass is 32.1. The highest BCUT2D eigenvalue weighted by Crippen LogP contribution is 2.32. The first-order chi connectivity index (χ1) is 5.95. The molecule has 1 aromatic heterocycles. The Morgan fingerprint density at radius 1 is 1.54 bits per heavy atom. The number of hydrogen-bond acceptors (Lipinski definition) is 3. The quantitative estimate of drug-likeness (QED) is 0.793. The van der Waals surface area contributed by atoms with Gasteiger partial charge in [-0.2, -0.15) is 0 Å². The summed E-state index contributed by atoms with van der Waals surface area (Å²) in [6, 6.07) is 0.0535. The van der Waals surface area contributed by atoms with Crippen molar-refractivity contribution in [2.24, 2.45) is 11.1 Å². The van der Waals surface area contributed by atoms with E-state index in [0.717, 1.165) is 11.4 Å². The van der Waals surface area contributed by atoms with E-state index in [2.05, 4.69) is 32.7 Å². The van der Waals surface area contributed by atoms with Gasteiger partial charge >= 0.3 is 0 Å². The maximum atomic E-state index is 6.09. The van der Waals surface area contributed by atoms with Crippen LogP contribution in [-0.4, -0.2) is 4.98 Å². The van der Waals surface area contributed by atoms with Crippen LogP contribution in [0.5, 0.6) is 0 Å². The first-order valence-electron chi connectivity index (χ1n) is 4.65. The Hall–Kier alpha value is -0.410. The van der Waals surface area contributed by atoms with Gasteiger partial charge in [0.1, 0.15) is 5.01 Å². The highest BCUT2D eigenvalue weighted by molar-refractivity contribution is 7.11. The highest BCUT2D eigenvalue weighted by Gasteiger charge is 2.24.